The molecule has 0 amide bonds. The van der Waals surface area contributed by atoms with Gasteiger partial charge in [-0.25, -0.2) is 0 Å². The molecular weight excluding hydrogens is 224 g/mol. The first kappa shape index (κ1) is 12.3. The Balaban J connectivity index is 2.62. The molecule has 0 saturated heterocycles. The summed E-state index contributed by atoms with van der Waals surface area (Å²) < 4.78 is 5.42. The van der Waals surface area contributed by atoms with Gasteiger partial charge < -0.3 is 15.4 Å². The number of methoxy groups -OCH3 is 1. The first-order chi connectivity index (χ1) is 8.63. The van der Waals surface area contributed by atoms with E-state index in [1.54, 1.807) is 7.11 Å². The van der Waals surface area contributed by atoms with Gasteiger partial charge in [-0.2, -0.15) is 0 Å². The van der Waals surface area contributed by atoms with Gasteiger partial charge >= 0.3 is 0 Å². The van der Waals surface area contributed by atoms with Crippen molar-refractivity contribution in [2.45, 2.75) is 0 Å². The van der Waals surface area contributed by atoms with Gasteiger partial charge in [-0.3, -0.25) is 0 Å². The zero-order chi connectivity index (χ0) is 13.1. The molecule has 3 heteroatoms. The minimum absolute atomic E-state index is 0.706. The van der Waals surface area contributed by atoms with Crippen molar-refractivity contribution in [1.82, 2.24) is 0 Å². The fourth-order valence-corrected chi connectivity index (χ4v) is 2.02. The fourth-order valence-electron chi connectivity index (χ4n) is 2.02. The van der Waals surface area contributed by atoms with Crippen molar-refractivity contribution in [3.05, 3.63) is 42.5 Å². The first-order valence-corrected chi connectivity index (χ1v) is 5.83. The maximum absolute atomic E-state index is 5.79. The van der Waals surface area contributed by atoms with Gasteiger partial charge in [-0.15, -0.1) is 0 Å². The summed E-state index contributed by atoms with van der Waals surface area (Å²) in [6.07, 6.45) is 0. The summed E-state index contributed by atoms with van der Waals surface area (Å²) in [5.74, 6) is 0.796. The van der Waals surface area contributed by atoms with Crippen molar-refractivity contribution in [3.63, 3.8) is 0 Å². The molecule has 0 aromatic heterocycles. The van der Waals surface area contributed by atoms with Crippen LogP contribution in [0.2, 0.25) is 0 Å². The summed E-state index contributed by atoms with van der Waals surface area (Å²) in [6.45, 7) is 0. The van der Waals surface area contributed by atoms with Crippen LogP contribution in [0.1, 0.15) is 0 Å². The van der Waals surface area contributed by atoms with Crippen LogP contribution in [0, 0.1) is 0 Å². The molecule has 0 fully saturated rings. The molecule has 0 saturated carbocycles. The molecular formula is C15H18N2O. The van der Waals surface area contributed by atoms with E-state index in [2.05, 4.69) is 17.0 Å². The van der Waals surface area contributed by atoms with Crippen molar-refractivity contribution in [2.24, 2.45) is 0 Å². The van der Waals surface area contributed by atoms with Crippen molar-refractivity contribution >= 4 is 11.4 Å². The summed E-state index contributed by atoms with van der Waals surface area (Å²) in [5, 5.41) is 0. The fraction of sp³-hybridized carbons (Fsp3) is 0.200. The highest BCUT2D eigenvalue weighted by molar-refractivity contribution is 5.83. The Kier molecular flexibility index (Phi) is 3.42. The van der Waals surface area contributed by atoms with Gasteiger partial charge in [-0.05, 0) is 18.2 Å². The van der Waals surface area contributed by atoms with Crippen molar-refractivity contribution < 1.29 is 4.74 Å². The predicted octanol–water partition coefficient (Wildman–Crippen LogP) is 3.01. The lowest BCUT2D eigenvalue weighted by atomic mass is 10.0. The second-order valence-corrected chi connectivity index (χ2v) is 4.37. The van der Waals surface area contributed by atoms with Gasteiger partial charge in [0.1, 0.15) is 5.75 Å². The van der Waals surface area contributed by atoms with E-state index in [1.165, 1.54) is 0 Å². The number of anilines is 2. The molecule has 0 aliphatic rings. The highest BCUT2D eigenvalue weighted by Gasteiger charge is 2.11. The van der Waals surface area contributed by atoms with Crippen LogP contribution in [0.5, 0.6) is 5.75 Å². The molecule has 3 nitrogen and oxygen atoms in total. The monoisotopic (exact) mass is 242 g/mol. The smallest absolute Gasteiger partial charge is 0.128 e. The molecule has 0 bridgehead atoms. The van der Waals surface area contributed by atoms with E-state index < -0.39 is 0 Å². The third kappa shape index (κ3) is 2.25. The summed E-state index contributed by atoms with van der Waals surface area (Å²) in [6, 6.07) is 14.0. The summed E-state index contributed by atoms with van der Waals surface area (Å²) in [4.78, 5) is 2.09. The Morgan fingerprint density at radius 2 is 1.72 bits per heavy atom. The number of hydrogen-bond donors (Lipinski definition) is 1. The van der Waals surface area contributed by atoms with Gasteiger partial charge in [0.15, 0.2) is 0 Å². The van der Waals surface area contributed by atoms with Gasteiger partial charge in [0.05, 0.1) is 7.11 Å². The number of benzene rings is 2. The summed E-state index contributed by atoms with van der Waals surface area (Å²) in [7, 11) is 5.72. The van der Waals surface area contributed by atoms with E-state index >= 15 is 0 Å². The molecule has 2 aromatic rings. The van der Waals surface area contributed by atoms with Crippen LogP contribution in [0.25, 0.3) is 11.1 Å². The van der Waals surface area contributed by atoms with E-state index in [4.69, 9.17) is 10.5 Å². The second-order valence-electron chi connectivity index (χ2n) is 4.37. The molecule has 0 radical (unpaired) electrons. The summed E-state index contributed by atoms with van der Waals surface area (Å²) >= 11 is 0. The largest absolute Gasteiger partial charge is 0.496 e. The Morgan fingerprint density at radius 1 is 1.00 bits per heavy atom. The number of ether oxygens (including phenoxy) is 1. The van der Waals surface area contributed by atoms with Crippen LogP contribution in [0.4, 0.5) is 11.4 Å². The van der Waals surface area contributed by atoms with Gasteiger partial charge in [0.2, 0.25) is 0 Å². The molecule has 0 unspecified atom stereocenters. The second kappa shape index (κ2) is 5.00. The minimum Gasteiger partial charge on any atom is -0.496 e. The van der Waals surface area contributed by atoms with E-state index in [1.807, 2.05) is 44.4 Å². The molecule has 94 valence electrons. The molecule has 0 aliphatic carbocycles. The first-order valence-electron chi connectivity index (χ1n) is 5.83. The third-order valence-corrected chi connectivity index (χ3v) is 2.90. The molecule has 0 heterocycles. The normalized spacial score (nSPS) is 10.2. The Bertz CT molecular complexity index is 550. The highest BCUT2D eigenvalue weighted by atomic mass is 16.5. The molecule has 0 spiro atoms. The molecule has 0 aliphatic heterocycles. The summed E-state index contributed by atoms with van der Waals surface area (Å²) in [5.41, 5.74) is 9.84. The average molecular weight is 242 g/mol. The number of nitrogens with zero attached hydrogens (tertiary/aromatic N) is 1. The van der Waals surface area contributed by atoms with Crippen LogP contribution in [0.3, 0.4) is 0 Å². The number of nitrogen functional groups attached to an aromatic ring is 1. The minimum atomic E-state index is 0.706. The van der Waals surface area contributed by atoms with Crippen molar-refractivity contribution in [2.75, 3.05) is 31.8 Å². The number of para-hydroxylation sites is 1. The topological polar surface area (TPSA) is 38.5 Å². The molecule has 0 atom stereocenters. The SMILES string of the molecule is COc1cc(N)ccc1-c1ccccc1N(C)C. The number of hydrogen-bond acceptors (Lipinski definition) is 3. The lowest BCUT2D eigenvalue weighted by molar-refractivity contribution is 0.416. The average Bonchev–Trinajstić information content (AvgIpc) is 2.38. The Labute approximate surface area is 108 Å². The van der Waals surface area contributed by atoms with Crippen LogP contribution in [-0.4, -0.2) is 21.2 Å². The van der Waals surface area contributed by atoms with E-state index in [0.29, 0.717) is 5.69 Å². The van der Waals surface area contributed by atoms with Crippen molar-refractivity contribution in [1.29, 1.82) is 0 Å². The van der Waals surface area contributed by atoms with Crippen LogP contribution in [0.15, 0.2) is 42.5 Å². The lowest BCUT2D eigenvalue weighted by Crippen LogP contribution is -2.10. The van der Waals surface area contributed by atoms with Crippen LogP contribution < -0.4 is 15.4 Å². The van der Waals surface area contributed by atoms with Crippen LogP contribution in [-0.2, 0) is 0 Å². The van der Waals surface area contributed by atoms with Gasteiger partial charge in [-0.1, -0.05) is 18.2 Å². The van der Waals surface area contributed by atoms with Crippen molar-refractivity contribution in [3.8, 4) is 16.9 Å². The zero-order valence-corrected chi connectivity index (χ0v) is 11.0. The zero-order valence-electron chi connectivity index (χ0n) is 11.0. The maximum Gasteiger partial charge on any atom is 0.128 e. The number of nitrogens with two attached hydrogens (primary N) is 1. The van der Waals surface area contributed by atoms with E-state index in [9.17, 15) is 0 Å². The maximum atomic E-state index is 5.79. The molecule has 18 heavy (non-hydrogen) atoms. The molecule has 2 aromatic carbocycles. The van der Waals surface area contributed by atoms with E-state index in [-0.39, 0.29) is 0 Å². The standard InChI is InChI=1S/C15H18N2O/c1-17(2)14-7-5-4-6-12(14)13-9-8-11(16)10-15(13)18-3/h4-10H,16H2,1-3H3. The highest BCUT2D eigenvalue weighted by Crippen LogP contribution is 2.36. The predicted molar refractivity (Wildman–Crippen MR) is 77.2 cm³/mol. The number of rotatable bonds is 3. The Morgan fingerprint density at radius 3 is 2.39 bits per heavy atom. The Hall–Kier alpha value is -2.16. The van der Waals surface area contributed by atoms with Crippen LogP contribution >= 0.6 is 0 Å². The molecule has 2 N–H and O–H groups in total. The van der Waals surface area contributed by atoms with Gasteiger partial charge in [0, 0.05) is 42.7 Å². The van der Waals surface area contributed by atoms with E-state index in [0.717, 1.165) is 22.6 Å². The molecule has 2 rings (SSSR count). The quantitative estimate of drug-likeness (QED) is 0.841. The third-order valence-electron chi connectivity index (χ3n) is 2.90. The van der Waals surface area contributed by atoms with Gasteiger partial charge in [0.25, 0.3) is 0 Å². The lowest BCUT2D eigenvalue weighted by Gasteiger charge is -2.19.